The minimum absolute atomic E-state index is 0.0189. The third-order valence-electron chi connectivity index (χ3n) is 5.26. The summed E-state index contributed by atoms with van der Waals surface area (Å²) in [6.45, 7) is 7.64. The van der Waals surface area contributed by atoms with Gasteiger partial charge in [-0.2, -0.15) is 0 Å². The fourth-order valence-corrected chi connectivity index (χ4v) is 3.64. The number of hydrogen-bond donors (Lipinski definition) is 3. The lowest BCUT2D eigenvalue weighted by atomic mass is 9.58. The zero-order chi connectivity index (χ0) is 14.0. The molecule has 0 spiro atoms. The summed E-state index contributed by atoms with van der Waals surface area (Å²) in [6, 6.07) is 0. The van der Waals surface area contributed by atoms with E-state index in [1.54, 1.807) is 12.2 Å². The van der Waals surface area contributed by atoms with Crippen molar-refractivity contribution in [3.63, 3.8) is 0 Å². The van der Waals surface area contributed by atoms with Crippen LogP contribution in [-0.4, -0.2) is 45.8 Å². The number of fused-ring (bicyclic) bond motifs is 3. The van der Waals surface area contributed by atoms with Gasteiger partial charge in [-0.25, -0.2) is 0 Å². The molecule has 3 aliphatic rings. The van der Waals surface area contributed by atoms with Crippen molar-refractivity contribution in [2.75, 3.05) is 6.61 Å². The maximum Gasteiger partial charge on any atom is 0.148 e. The van der Waals surface area contributed by atoms with Gasteiger partial charge in [0.15, 0.2) is 0 Å². The average molecular weight is 264 g/mol. The first-order valence-corrected chi connectivity index (χ1v) is 6.62. The van der Waals surface area contributed by atoms with Gasteiger partial charge in [-0.1, -0.05) is 32.6 Å². The molecule has 19 heavy (non-hydrogen) atoms. The molecule has 1 aliphatic heterocycles. The molecule has 0 aromatic heterocycles. The summed E-state index contributed by atoms with van der Waals surface area (Å²) in [4.78, 5) is 0. The average Bonchev–Trinajstić information content (AvgIpc) is 3.15. The number of aliphatic hydroxyl groups excluding tert-OH is 3. The van der Waals surface area contributed by atoms with Crippen LogP contribution in [0, 0.1) is 11.3 Å². The lowest BCUT2D eigenvalue weighted by Gasteiger charge is -2.44. The van der Waals surface area contributed by atoms with E-state index >= 15 is 0 Å². The van der Waals surface area contributed by atoms with Crippen LogP contribution >= 0.6 is 0 Å². The zero-order valence-electron chi connectivity index (χ0n) is 11.2. The van der Waals surface area contributed by atoms with Gasteiger partial charge in [-0.15, -0.1) is 0 Å². The highest BCUT2D eigenvalue weighted by Gasteiger charge is 2.73. The van der Waals surface area contributed by atoms with Crippen LogP contribution in [-0.2, 0) is 4.74 Å². The smallest absolute Gasteiger partial charge is 0.148 e. The van der Waals surface area contributed by atoms with Crippen LogP contribution in [0.25, 0.3) is 0 Å². The number of hydrogen-bond acceptors (Lipinski definition) is 4. The van der Waals surface area contributed by atoms with E-state index in [1.807, 2.05) is 19.9 Å². The van der Waals surface area contributed by atoms with Gasteiger partial charge in [0.25, 0.3) is 0 Å². The molecule has 2 aliphatic carbocycles. The Morgan fingerprint density at radius 2 is 2.16 bits per heavy atom. The summed E-state index contributed by atoms with van der Waals surface area (Å²) in [5.41, 5.74) is 0.233. The molecule has 6 unspecified atom stereocenters. The molecule has 1 saturated heterocycles. The van der Waals surface area contributed by atoms with Crippen molar-refractivity contribution < 1.29 is 20.1 Å². The largest absolute Gasteiger partial charge is 0.392 e. The van der Waals surface area contributed by atoms with Crippen molar-refractivity contribution in [1.29, 1.82) is 0 Å². The Morgan fingerprint density at radius 1 is 1.47 bits per heavy atom. The highest BCUT2D eigenvalue weighted by Crippen LogP contribution is 2.63. The van der Waals surface area contributed by atoms with Crippen LogP contribution in [0.15, 0.2) is 36.0 Å². The van der Waals surface area contributed by atoms with Gasteiger partial charge in [0, 0.05) is 5.41 Å². The van der Waals surface area contributed by atoms with Gasteiger partial charge in [0.1, 0.15) is 17.8 Å². The van der Waals surface area contributed by atoms with Gasteiger partial charge < -0.3 is 20.1 Å². The number of allylic oxidation sites excluding steroid dienone is 1. The van der Waals surface area contributed by atoms with E-state index in [4.69, 9.17) is 4.74 Å². The van der Waals surface area contributed by atoms with Crippen molar-refractivity contribution >= 4 is 0 Å². The quantitative estimate of drug-likeness (QED) is 0.503. The summed E-state index contributed by atoms with van der Waals surface area (Å²) in [7, 11) is 0. The maximum atomic E-state index is 10.3. The maximum absolute atomic E-state index is 10.3. The first-order valence-electron chi connectivity index (χ1n) is 6.62. The van der Waals surface area contributed by atoms with Gasteiger partial charge in [-0.05, 0) is 23.1 Å². The molecule has 0 aromatic rings. The van der Waals surface area contributed by atoms with E-state index in [-0.39, 0.29) is 24.0 Å². The fraction of sp³-hybridized carbons (Fsp3) is 0.600. The Morgan fingerprint density at radius 3 is 2.79 bits per heavy atom. The van der Waals surface area contributed by atoms with Gasteiger partial charge in [-0.3, -0.25) is 0 Å². The van der Waals surface area contributed by atoms with Crippen molar-refractivity contribution in [2.24, 2.45) is 11.3 Å². The molecule has 3 N–H and O–H groups in total. The third-order valence-corrected chi connectivity index (χ3v) is 5.26. The highest BCUT2D eigenvalue weighted by atomic mass is 16.6. The molecule has 0 bridgehead atoms. The zero-order valence-corrected chi connectivity index (χ0v) is 11.2. The lowest BCUT2D eigenvalue weighted by Crippen LogP contribution is -2.50. The molecule has 0 aromatic carbocycles. The van der Waals surface area contributed by atoms with E-state index in [9.17, 15) is 15.3 Å². The molecule has 6 atom stereocenters. The molecule has 4 heteroatoms. The summed E-state index contributed by atoms with van der Waals surface area (Å²) in [5, 5.41) is 29.7. The van der Waals surface area contributed by atoms with E-state index in [2.05, 4.69) is 6.58 Å². The van der Waals surface area contributed by atoms with Crippen LogP contribution in [0.3, 0.4) is 0 Å². The van der Waals surface area contributed by atoms with Gasteiger partial charge in [0.2, 0.25) is 0 Å². The third kappa shape index (κ3) is 1.37. The highest BCUT2D eigenvalue weighted by molar-refractivity contribution is 5.48. The minimum Gasteiger partial charge on any atom is -0.392 e. The van der Waals surface area contributed by atoms with E-state index in [0.717, 1.165) is 5.57 Å². The Labute approximate surface area is 112 Å². The van der Waals surface area contributed by atoms with Gasteiger partial charge >= 0.3 is 0 Å². The van der Waals surface area contributed by atoms with Crippen LogP contribution in [0.4, 0.5) is 0 Å². The predicted molar refractivity (Wildman–Crippen MR) is 70.3 cm³/mol. The lowest BCUT2D eigenvalue weighted by molar-refractivity contribution is 0.0605. The predicted octanol–water partition coefficient (Wildman–Crippen LogP) is 0.546. The molecular formula is C15H20O4. The molecule has 1 heterocycles. The molecule has 3 rings (SSSR count). The Balaban J connectivity index is 2.09. The standard InChI is InChI=1S/C15H20O4/c1-8(7-16)15-12(18)6-10-4-5-11(17)9(2)14(10,3)13(15)19-15/h4-6,9,11-13,16-18H,1,7H2,2-3H3. The first-order chi connectivity index (χ1) is 8.88. The second kappa shape index (κ2) is 3.79. The second-order valence-corrected chi connectivity index (χ2v) is 6.04. The summed E-state index contributed by atoms with van der Waals surface area (Å²) < 4.78 is 5.82. The summed E-state index contributed by atoms with van der Waals surface area (Å²) in [6.07, 6.45) is 3.81. The van der Waals surface area contributed by atoms with E-state index in [1.165, 1.54) is 0 Å². The van der Waals surface area contributed by atoms with Crippen LogP contribution < -0.4 is 0 Å². The molecule has 4 nitrogen and oxygen atoms in total. The summed E-state index contributed by atoms with van der Waals surface area (Å²) in [5.74, 6) is -0.0189. The molecule has 0 saturated carbocycles. The molecule has 0 radical (unpaired) electrons. The van der Waals surface area contributed by atoms with E-state index < -0.39 is 17.8 Å². The fourth-order valence-electron chi connectivity index (χ4n) is 3.64. The van der Waals surface area contributed by atoms with Crippen LogP contribution in [0.2, 0.25) is 0 Å². The molecule has 104 valence electrons. The Hall–Kier alpha value is -0.940. The molecular weight excluding hydrogens is 244 g/mol. The molecule has 1 fully saturated rings. The number of ether oxygens (including phenoxy) is 1. The molecule has 0 amide bonds. The Kier molecular flexibility index (Phi) is 2.61. The minimum atomic E-state index is -0.883. The summed E-state index contributed by atoms with van der Waals surface area (Å²) >= 11 is 0. The van der Waals surface area contributed by atoms with Gasteiger partial charge in [0.05, 0.1) is 12.7 Å². The number of epoxide rings is 1. The van der Waals surface area contributed by atoms with Crippen molar-refractivity contribution in [2.45, 2.75) is 37.8 Å². The monoisotopic (exact) mass is 264 g/mol. The first kappa shape index (κ1) is 13.1. The van der Waals surface area contributed by atoms with Crippen LogP contribution in [0.1, 0.15) is 13.8 Å². The topological polar surface area (TPSA) is 73.2 Å². The van der Waals surface area contributed by atoms with Crippen molar-refractivity contribution in [3.8, 4) is 0 Å². The number of aliphatic hydroxyl groups is 3. The SMILES string of the molecule is C=C(CO)C12OC1C1(C)C(=CC2O)C=CC(O)C1C. The normalized spacial score (nSPS) is 51.1. The Bertz CT molecular complexity index is 494. The van der Waals surface area contributed by atoms with Crippen molar-refractivity contribution in [1.82, 2.24) is 0 Å². The van der Waals surface area contributed by atoms with Crippen LogP contribution in [0.5, 0.6) is 0 Å². The van der Waals surface area contributed by atoms with E-state index in [0.29, 0.717) is 5.57 Å². The number of rotatable bonds is 2. The second-order valence-electron chi connectivity index (χ2n) is 6.04. The van der Waals surface area contributed by atoms with Crippen molar-refractivity contribution in [3.05, 3.63) is 36.0 Å².